The fraction of sp³-hybridized carbons (Fsp3) is 1.00. The quantitative estimate of drug-likeness (QED) is 0.827. The molecule has 0 spiro atoms. The van der Waals surface area contributed by atoms with Gasteiger partial charge in [-0.15, -0.1) is 0 Å². The summed E-state index contributed by atoms with van der Waals surface area (Å²) in [4.78, 5) is 2.75. The molecule has 1 atom stereocenters. The summed E-state index contributed by atoms with van der Waals surface area (Å²) in [5.41, 5.74) is 0.568. The van der Waals surface area contributed by atoms with Crippen LogP contribution in [-0.4, -0.2) is 38.1 Å². The zero-order chi connectivity index (χ0) is 13.0. The molecule has 106 valence electrons. The summed E-state index contributed by atoms with van der Waals surface area (Å²) in [5, 5.41) is 3.47. The van der Waals surface area contributed by atoms with Gasteiger partial charge < -0.3 is 10.2 Å². The van der Waals surface area contributed by atoms with Crippen molar-refractivity contribution in [2.24, 2.45) is 17.3 Å². The highest BCUT2D eigenvalue weighted by molar-refractivity contribution is 4.90. The van der Waals surface area contributed by atoms with Crippen LogP contribution < -0.4 is 5.32 Å². The SMILES string of the molecule is CNCC1(CN2CCCC(C)C2)CCC(C)CC1. The Morgan fingerprint density at radius 1 is 1.11 bits per heavy atom. The van der Waals surface area contributed by atoms with Gasteiger partial charge in [0, 0.05) is 19.6 Å². The monoisotopic (exact) mass is 252 g/mol. The number of piperidine rings is 1. The molecule has 0 bridgehead atoms. The predicted molar refractivity (Wildman–Crippen MR) is 78.8 cm³/mol. The van der Waals surface area contributed by atoms with Gasteiger partial charge in [0.15, 0.2) is 0 Å². The number of hydrogen-bond acceptors (Lipinski definition) is 2. The molecule has 1 aliphatic carbocycles. The van der Waals surface area contributed by atoms with Gasteiger partial charge in [0.25, 0.3) is 0 Å². The molecule has 2 heteroatoms. The number of nitrogens with one attached hydrogen (secondary N) is 1. The molecule has 0 amide bonds. The molecule has 2 rings (SSSR count). The zero-order valence-electron chi connectivity index (χ0n) is 12.7. The summed E-state index contributed by atoms with van der Waals surface area (Å²) in [5.74, 6) is 1.86. The topological polar surface area (TPSA) is 15.3 Å². The van der Waals surface area contributed by atoms with E-state index in [1.165, 1.54) is 64.7 Å². The van der Waals surface area contributed by atoms with Gasteiger partial charge in [-0.05, 0) is 56.5 Å². The Morgan fingerprint density at radius 2 is 1.83 bits per heavy atom. The van der Waals surface area contributed by atoms with Crippen molar-refractivity contribution in [1.82, 2.24) is 10.2 Å². The minimum absolute atomic E-state index is 0.568. The first-order chi connectivity index (χ1) is 8.63. The molecule has 2 nitrogen and oxygen atoms in total. The van der Waals surface area contributed by atoms with Crippen molar-refractivity contribution in [2.75, 3.05) is 33.2 Å². The first kappa shape index (κ1) is 14.3. The van der Waals surface area contributed by atoms with E-state index in [1.54, 1.807) is 0 Å². The molecule has 1 heterocycles. The van der Waals surface area contributed by atoms with Crippen LogP contribution in [0.15, 0.2) is 0 Å². The second-order valence-corrected chi connectivity index (χ2v) is 7.20. The maximum absolute atomic E-state index is 3.47. The van der Waals surface area contributed by atoms with Crippen molar-refractivity contribution in [1.29, 1.82) is 0 Å². The van der Waals surface area contributed by atoms with Gasteiger partial charge in [0.2, 0.25) is 0 Å². The molecule has 1 saturated carbocycles. The third-order valence-electron chi connectivity index (χ3n) is 5.19. The summed E-state index contributed by atoms with van der Waals surface area (Å²) in [6, 6.07) is 0. The van der Waals surface area contributed by atoms with E-state index in [1.807, 2.05) is 0 Å². The number of likely N-dealkylation sites (tertiary alicyclic amines) is 1. The maximum Gasteiger partial charge on any atom is 0.00503 e. The van der Waals surface area contributed by atoms with Crippen LogP contribution in [-0.2, 0) is 0 Å². The summed E-state index contributed by atoms with van der Waals surface area (Å²) in [7, 11) is 2.12. The van der Waals surface area contributed by atoms with E-state index < -0.39 is 0 Å². The third-order valence-corrected chi connectivity index (χ3v) is 5.19. The summed E-state index contributed by atoms with van der Waals surface area (Å²) < 4.78 is 0. The number of hydrogen-bond donors (Lipinski definition) is 1. The lowest BCUT2D eigenvalue weighted by molar-refractivity contribution is 0.0659. The van der Waals surface area contributed by atoms with Crippen molar-refractivity contribution in [3.8, 4) is 0 Å². The second kappa shape index (κ2) is 6.38. The standard InChI is InChI=1S/C16H32N2/c1-14-6-8-16(9-7-14,12-17-3)13-18-10-4-5-15(2)11-18/h14-15,17H,4-13H2,1-3H3. The van der Waals surface area contributed by atoms with Crippen LogP contribution in [0.4, 0.5) is 0 Å². The van der Waals surface area contributed by atoms with Gasteiger partial charge in [0.1, 0.15) is 0 Å². The third kappa shape index (κ3) is 3.71. The van der Waals surface area contributed by atoms with Gasteiger partial charge in [0.05, 0.1) is 0 Å². The van der Waals surface area contributed by atoms with Crippen LogP contribution in [0.1, 0.15) is 52.4 Å². The van der Waals surface area contributed by atoms with Gasteiger partial charge in [-0.3, -0.25) is 0 Å². The molecule has 2 aliphatic rings. The van der Waals surface area contributed by atoms with Gasteiger partial charge >= 0.3 is 0 Å². The lowest BCUT2D eigenvalue weighted by Gasteiger charge is -2.44. The van der Waals surface area contributed by atoms with E-state index in [9.17, 15) is 0 Å². The molecule has 1 aliphatic heterocycles. The number of rotatable bonds is 4. The predicted octanol–water partition coefficient (Wildman–Crippen LogP) is 3.13. The van der Waals surface area contributed by atoms with Crippen molar-refractivity contribution in [3.63, 3.8) is 0 Å². The molecule has 1 saturated heterocycles. The maximum atomic E-state index is 3.47. The highest BCUT2D eigenvalue weighted by atomic mass is 15.1. The lowest BCUT2D eigenvalue weighted by Crippen LogP contribution is -2.48. The van der Waals surface area contributed by atoms with E-state index in [4.69, 9.17) is 0 Å². The highest BCUT2D eigenvalue weighted by Gasteiger charge is 2.35. The Hall–Kier alpha value is -0.0800. The smallest absolute Gasteiger partial charge is 0.00503 e. The fourth-order valence-corrected chi connectivity index (χ4v) is 4.04. The van der Waals surface area contributed by atoms with Crippen molar-refractivity contribution < 1.29 is 0 Å². The van der Waals surface area contributed by atoms with Crippen molar-refractivity contribution in [3.05, 3.63) is 0 Å². The van der Waals surface area contributed by atoms with E-state index in [0.717, 1.165) is 11.8 Å². The molecular weight excluding hydrogens is 220 g/mol. The average Bonchev–Trinajstić information content (AvgIpc) is 2.34. The molecule has 0 aromatic heterocycles. The van der Waals surface area contributed by atoms with Gasteiger partial charge in [-0.25, -0.2) is 0 Å². The zero-order valence-corrected chi connectivity index (χ0v) is 12.7. The normalized spacial score (nSPS) is 38.8. The summed E-state index contributed by atoms with van der Waals surface area (Å²) in [6.07, 6.45) is 8.58. The van der Waals surface area contributed by atoms with Crippen LogP contribution in [0.5, 0.6) is 0 Å². The van der Waals surface area contributed by atoms with E-state index >= 15 is 0 Å². The van der Waals surface area contributed by atoms with Gasteiger partial charge in [-0.2, -0.15) is 0 Å². The molecule has 0 aromatic rings. The van der Waals surface area contributed by atoms with Gasteiger partial charge in [-0.1, -0.05) is 26.7 Å². The van der Waals surface area contributed by atoms with E-state index in [2.05, 4.69) is 31.1 Å². The molecule has 2 fully saturated rings. The van der Waals surface area contributed by atoms with Crippen molar-refractivity contribution in [2.45, 2.75) is 52.4 Å². The first-order valence-electron chi connectivity index (χ1n) is 8.00. The Bertz CT molecular complexity index is 243. The molecule has 0 aromatic carbocycles. The second-order valence-electron chi connectivity index (χ2n) is 7.20. The molecule has 1 N–H and O–H groups in total. The molecule has 1 unspecified atom stereocenters. The Kier molecular flexibility index (Phi) is 5.08. The van der Waals surface area contributed by atoms with Crippen LogP contribution in [0.3, 0.4) is 0 Å². The van der Waals surface area contributed by atoms with Crippen molar-refractivity contribution >= 4 is 0 Å². The molecular formula is C16H32N2. The Morgan fingerprint density at radius 3 is 2.44 bits per heavy atom. The summed E-state index contributed by atoms with van der Waals surface area (Å²) in [6.45, 7) is 10.1. The average molecular weight is 252 g/mol. The minimum atomic E-state index is 0.568. The minimum Gasteiger partial charge on any atom is -0.319 e. The molecule has 18 heavy (non-hydrogen) atoms. The van der Waals surface area contributed by atoms with Crippen LogP contribution in [0.25, 0.3) is 0 Å². The Balaban J connectivity index is 1.92. The Labute approximate surface area is 114 Å². The van der Waals surface area contributed by atoms with Crippen LogP contribution in [0.2, 0.25) is 0 Å². The fourth-order valence-electron chi connectivity index (χ4n) is 4.04. The molecule has 0 radical (unpaired) electrons. The number of nitrogens with zero attached hydrogens (tertiary/aromatic N) is 1. The lowest BCUT2D eigenvalue weighted by atomic mass is 9.70. The first-order valence-corrected chi connectivity index (χ1v) is 8.00. The summed E-state index contributed by atoms with van der Waals surface area (Å²) >= 11 is 0. The van der Waals surface area contributed by atoms with Crippen LogP contribution in [0, 0.1) is 17.3 Å². The van der Waals surface area contributed by atoms with Crippen LogP contribution >= 0.6 is 0 Å². The van der Waals surface area contributed by atoms with E-state index in [0.29, 0.717) is 5.41 Å². The highest BCUT2D eigenvalue weighted by Crippen LogP contribution is 2.39. The largest absolute Gasteiger partial charge is 0.319 e. The van der Waals surface area contributed by atoms with E-state index in [-0.39, 0.29) is 0 Å².